The van der Waals surface area contributed by atoms with Gasteiger partial charge in [0.05, 0.1) is 6.61 Å². The first kappa shape index (κ1) is 12.3. The van der Waals surface area contributed by atoms with Gasteiger partial charge >= 0.3 is 0 Å². The Balaban J connectivity index is 2.12. The van der Waals surface area contributed by atoms with Crippen LogP contribution >= 0.6 is 0 Å². The second kappa shape index (κ2) is 5.92. The van der Waals surface area contributed by atoms with E-state index >= 15 is 0 Å². The molecule has 0 bridgehead atoms. The molecule has 2 N–H and O–H groups in total. The van der Waals surface area contributed by atoms with Gasteiger partial charge in [0.2, 0.25) is 18.2 Å². The van der Waals surface area contributed by atoms with Crippen LogP contribution in [-0.2, 0) is 0 Å². The fourth-order valence-electron chi connectivity index (χ4n) is 1.39. The summed E-state index contributed by atoms with van der Waals surface area (Å²) in [6.45, 7) is 0.506. The van der Waals surface area contributed by atoms with Crippen molar-refractivity contribution in [2.24, 2.45) is 0 Å². The lowest BCUT2D eigenvalue weighted by atomic mass is 10.3. The number of likely N-dealkylation sites (N-methyl/N-ethyl adjacent to an activating group) is 1. The smallest absolute Gasteiger partial charge is 0.232 e. The minimum atomic E-state index is 0.0453. The molecule has 1 heterocycles. The van der Waals surface area contributed by atoms with Crippen LogP contribution in [0.3, 0.4) is 0 Å². The highest BCUT2D eigenvalue weighted by molar-refractivity contribution is 5.53. The molecule has 0 saturated heterocycles. The molecule has 0 aliphatic carbocycles. The molecular formula is C12H14N5O. The monoisotopic (exact) mass is 244 g/mol. The molecule has 1 radical (unpaired) electrons. The number of nitrogens with zero attached hydrogens (tertiary/aromatic N) is 4. The molecule has 0 spiro atoms. The van der Waals surface area contributed by atoms with E-state index in [-0.39, 0.29) is 6.61 Å². The van der Waals surface area contributed by atoms with E-state index in [9.17, 15) is 0 Å². The van der Waals surface area contributed by atoms with Crippen molar-refractivity contribution in [1.29, 1.82) is 0 Å². The molecule has 0 aliphatic rings. The van der Waals surface area contributed by atoms with Gasteiger partial charge in [-0.05, 0) is 12.1 Å². The quantitative estimate of drug-likeness (QED) is 0.812. The zero-order valence-corrected chi connectivity index (χ0v) is 10.0. The van der Waals surface area contributed by atoms with Crippen LogP contribution in [-0.4, -0.2) is 40.3 Å². The average molecular weight is 244 g/mol. The number of aliphatic hydroxyl groups is 1. The molecule has 2 aromatic rings. The number of aromatic nitrogens is 3. The predicted octanol–water partition coefficient (Wildman–Crippen LogP) is 0.844. The van der Waals surface area contributed by atoms with Gasteiger partial charge in [0.25, 0.3) is 0 Å². The van der Waals surface area contributed by atoms with Gasteiger partial charge in [0.1, 0.15) is 0 Å². The Morgan fingerprint density at radius 3 is 2.78 bits per heavy atom. The number of aliphatic hydroxyl groups excluding tert-OH is 1. The van der Waals surface area contributed by atoms with Gasteiger partial charge in [-0.3, -0.25) is 0 Å². The summed E-state index contributed by atoms with van der Waals surface area (Å²) in [6.07, 6.45) is 2.54. The fourth-order valence-corrected chi connectivity index (χ4v) is 1.39. The Bertz CT molecular complexity index is 491. The summed E-state index contributed by atoms with van der Waals surface area (Å²) in [5.74, 6) is 0.897. The molecule has 1 aromatic heterocycles. The highest BCUT2D eigenvalue weighted by Crippen LogP contribution is 2.12. The third kappa shape index (κ3) is 3.14. The first-order chi connectivity index (χ1) is 8.79. The number of para-hydroxylation sites is 1. The number of benzene rings is 1. The molecule has 6 nitrogen and oxygen atoms in total. The maximum Gasteiger partial charge on any atom is 0.232 e. The molecule has 0 atom stereocenters. The Morgan fingerprint density at radius 2 is 2.06 bits per heavy atom. The summed E-state index contributed by atoms with van der Waals surface area (Å²) in [5.41, 5.74) is 0.896. The highest BCUT2D eigenvalue weighted by atomic mass is 16.3. The third-order valence-electron chi connectivity index (χ3n) is 2.32. The van der Waals surface area contributed by atoms with Crippen LogP contribution in [0.4, 0.5) is 17.6 Å². The Kier molecular flexibility index (Phi) is 4.03. The number of hydrogen-bond donors (Lipinski definition) is 2. The van der Waals surface area contributed by atoms with E-state index in [0.717, 1.165) is 5.69 Å². The third-order valence-corrected chi connectivity index (χ3v) is 2.32. The van der Waals surface area contributed by atoms with Gasteiger partial charge in [0, 0.05) is 19.3 Å². The molecule has 6 heteroatoms. The Labute approximate surface area is 105 Å². The molecule has 0 unspecified atom stereocenters. The Morgan fingerprint density at radius 1 is 1.28 bits per heavy atom. The maximum absolute atomic E-state index is 8.86. The second-order valence-electron chi connectivity index (χ2n) is 3.70. The van der Waals surface area contributed by atoms with Crippen LogP contribution in [0.15, 0.2) is 30.3 Å². The SMILES string of the molecule is CN(CCO)c1n[c]nc(Nc2ccccc2)n1. The second-order valence-corrected chi connectivity index (χ2v) is 3.70. The number of hydrogen-bond acceptors (Lipinski definition) is 6. The van der Waals surface area contributed by atoms with Crippen LogP contribution in [0, 0.1) is 6.33 Å². The summed E-state index contributed by atoms with van der Waals surface area (Å²) in [6, 6.07) is 9.62. The zero-order valence-electron chi connectivity index (χ0n) is 10.0. The first-order valence-electron chi connectivity index (χ1n) is 5.56. The van der Waals surface area contributed by atoms with Crippen LogP contribution in [0.5, 0.6) is 0 Å². The lowest BCUT2D eigenvalue weighted by Crippen LogP contribution is -2.23. The average Bonchev–Trinajstić information content (AvgIpc) is 2.40. The largest absolute Gasteiger partial charge is 0.395 e. The van der Waals surface area contributed by atoms with Crippen molar-refractivity contribution in [3.8, 4) is 0 Å². The number of anilines is 3. The van der Waals surface area contributed by atoms with E-state index in [1.165, 1.54) is 0 Å². The number of nitrogens with one attached hydrogen (secondary N) is 1. The van der Waals surface area contributed by atoms with E-state index in [4.69, 9.17) is 5.11 Å². The summed E-state index contributed by atoms with van der Waals surface area (Å²) in [4.78, 5) is 13.8. The van der Waals surface area contributed by atoms with E-state index in [0.29, 0.717) is 18.4 Å². The van der Waals surface area contributed by atoms with Gasteiger partial charge in [-0.1, -0.05) is 18.2 Å². The molecule has 0 aliphatic heterocycles. The van der Waals surface area contributed by atoms with E-state index in [1.807, 2.05) is 30.3 Å². The zero-order chi connectivity index (χ0) is 12.8. The van der Waals surface area contributed by atoms with Crippen molar-refractivity contribution >= 4 is 17.6 Å². The van der Waals surface area contributed by atoms with Crippen molar-refractivity contribution < 1.29 is 5.11 Å². The minimum absolute atomic E-state index is 0.0453. The van der Waals surface area contributed by atoms with Gasteiger partial charge in [-0.25, -0.2) is 0 Å². The van der Waals surface area contributed by atoms with Crippen LogP contribution in [0.25, 0.3) is 0 Å². The highest BCUT2D eigenvalue weighted by Gasteiger charge is 2.05. The van der Waals surface area contributed by atoms with Gasteiger partial charge in [-0.2, -0.15) is 15.0 Å². The van der Waals surface area contributed by atoms with Gasteiger partial charge in [-0.15, -0.1) is 0 Å². The number of rotatable bonds is 5. The van der Waals surface area contributed by atoms with E-state index < -0.39 is 0 Å². The molecule has 18 heavy (non-hydrogen) atoms. The summed E-state index contributed by atoms with van der Waals surface area (Å²) < 4.78 is 0. The summed E-state index contributed by atoms with van der Waals surface area (Å²) >= 11 is 0. The molecule has 0 amide bonds. The van der Waals surface area contributed by atoms with E-state index in [2.05, 4.69) is 26.6 Å². The molecule has 2 rings (SSSR count). The van der Waals surface area contributed by atoms with Crippen molar-refractivity contribution in [3.05, 3.63) is 36.7 Å². The van der Waals surface area contributed by atoms with Crippen LogP contribution < -0.4 is 10.2 Å². The van der Waals surface area contributed by atoms with Gasteiger partial charge in [0.15, 0.2) is 0 Å². The molecule has 0 fully saturated rings. The van der Waals surface area contributed by atoms with Crippen molar-refractivity contribution in [2.45, 2.75) is 0 Å². The fraction of sp³-hybridized carbons (Fsp3) is 0.250. The summed E-state index contributed by atoms with van der Waals surface area (Å²) in [5, 5.41) is 11.9. The molecule has 0 saturated carbocycles. The van der Waals surface area contributed by atoms with Crippen molar-refractivity contribution in [1.82, 2.24) is 15.0 Å². The lowest BCUT2D eigenvalue weighted by molar-refractivity contribution is 0.303. The van der Waals surface area contributed by atoms with Crippen molar-refractivity contribution in [2.75, 3.05) is 30.4 Å². The molecule has 93 valence electrons. The predicted molar refractivity (Wildman–Crippen MR) is 68.7 cm³/mol. The molecule has 1 aromatic carbocycles. The Hall–Kier alpha value is -2.21. The summed E-state index contributed by atoms with van der Waals surface area (Å²) in [7, 11) is 1.80. The molecular weight excluding hydrogens is 230 g/mol. The normalized spacial score (nSPS) is 10.1. The first-order valence-corrected chi connectivity index (χ1v) is 5.56. The standard InChI is InChI=1S/C12H14N5O/c1-17(7-8-18)12-14-9-13-11(16-12)15-10-5-3-2-4-6-10/h2-6,18H,7-8H2,1H3,(H,13,14,15,16). The lowest BCUT2D eigenvalue weighted by Gasteiger charge is -2.15. The van der Waals surface area contributed by atoms with Crippen LogP contribution in [0.1, 0.15) is 0 Å². The maximum atomic E-state index is 8.86. The minimum Gasteiger partial charge on any atom is -0.395 e. The van der Waals surface area contributed by atoms with Crippen LogP contribution in [0.2, 0.25) is 0 Å². The topological polar surface area (TPSA) is 74.2 Å². The van der Waals surface area contributed by atoms with Gasteiger partial charge < -0.3 is 15.3 Å². The van der Waals surface area contributed by atoms with Crippen molar-refractivity contribution in [3.63, 3.8) is 0 Å². The van der Waals surface area contributed by atoms with E-state index in [1.54, 1.807) is 11.9 Å².